The Morgan fingerprint density at radius 3 is 1.62 bits per heavy atom. The van der Waals surface area contributed by atoms with Gasteiger partial charge in [-0.3, -0.25) is 14.7 Å². The number of nitrogens with zero attached hydrogens (tertiary/aromatic N) is 3. The van der Waals surface area contributed by atoms with E-state index in [1.54, 1.807) is 0 Å². The van der Waals surface area contributed by atoms with Crippen LogP contribution in [0.2, 0.25) is 0 Å². The van der Waals surface area contributed by atoms with Gasteiger partial charge in [0.2, 0.25) is 0 Å². The summed E-state index contributed by atoms with van der Waals surface area (Å²) in [5.41, 5.74) is 1.85. The van der Waals surface area contributed by atoms with Crippen LogP contribution >= 0.6 is 0 Å². The number of amides is 1. The summed E-state index contributed by atoms with van der Waals surface area (Å²) in [5, 5.41) is 2.65. The number of hydrogen-bond donors (Lipinski definition) is 1. The van der Waals surface area contributed by atoms with Crippen molar-refractivity contribution in [1.82, 2.24) is 20.0 Å². The van der Waals surface area contributed by atoms with Crippen molar-refractivity contribution >= 4 is 6.09 Å². The minimum absolute atomic E-state index is 0.112. The van der Waals surface area contributed by atoms with E-state index >= 15 is 4.39 Å². The zero-order valence-corrected chi connectivity index (χ0v) is 30.6. The fourth-order valence-electron chi connectivity index (χ4n) is 5.34. The Bertz CT molecular complexity index is 1080. The topological polar surface area (TPSA) is 94.2 Å². The monoisotopic (exact) mass is 704 g/mol. The molecule has 1 aliphatic rings. The molecular formula is C38H61FN4O7. The molecule has 2 aromatic carbocycles. The van der Waals surface area contributed by atoms with Crippen molar-refractivity contribution in [3.8, 4) is 0 Å². The summed E-state index contributed by atoms with van der Waals surface area (Å²) in [6.45, 7) is 17.9. The number of rotatable bonds is 26. The molecule has 2 aromatic rings. The normalized spacial score (nSPS) is 15.0. The lowest BCUT2D eigenvalue weighted by molar-refractivity contribution is -0.00577. The Morgan fingerprint density at radius 1 is 0.700 bits per heavy atom. The third kappa shape index (κ3) is 20.9. The SMILES string of the molecule is CC(C)(C)OC(=O)NCCOCCOCCOCCOCCN1CCN(CCOCC(F)CN(Cc2ccccc2)Cc2ccccc2)CC1. The summed E-state index contributed by atoms with van der Waals surface area (Å²) in [4.78, 5) is 18.5. The quantitative estimate of drug-likeness (QED) is 0.143. The molecule has 3 rings (SSSR count). The van der Waals surface area contributed by atoms with Crippen LogP contribution in [-0.4, -0.2) is 151 Å². The highest BCUT2D eigenvalue weighted by Gasteiger charge is 2.18. The number of piperazine rings is 1. The predicted octanol–water partition coefficient (Wildman–Crippen LogP) is 4.25. The van der Waals surface area contributed by atoms with E-state index in [0.717, 1.165) is 39.3 Å². The zero-order valence-electron chi connectivity index (χ0n) is 30.6. The molecule has 12 heteroatoms. The first-order chi connectivity index (χ1) is 24.3. The summed E-state index contributed by atoms with van der Waals surface area (Å²) in [6.07, 6.45) is -1.49. The summed E-state index contributed by atoms with van der Waals surface area (Å²) in [7, 11) is 0. The van der Waals surface area contributed by atoms with Crippen molar-refractivity contribution in [2.45, 2.75) is 45.6 Å². The molecule has 0 saturated carbocycles. The van der Waals surface area contributed by atoms with E-state index in [0.29, 0.717) is 85.6 Å². The van der Waals surface area contributed by atoms with Gasteiger partial charge in [0.25, 0.3) is 0 Å². The molecule has 1 amide bonds. The van der Waals surface area contributed by atoms with Gasteiger partial charge in [-0.15, -0.1) is 0 Å². The van der Waals surface area contributed by atoms with Crippen LogP contribution in [0.25, 0.3) is 0 Å². The van der Waals surface area contributed by atoms with Gasteiger partial charge in [-0.25, -0.2) is 9.18 Å². The molecule has 0 aliphatic carbocycles. The van der Waals surface area contributed by atoms with E-state index in [2.05, 4.69) is 44.3 Å². The molecule has 50 heavy (non-hydrogen) atoms. The highest BCUT2D eigenvalue weighted by atomic mass is 19.1. The lowest BCUT2D eigenvalue weighted by Gasteiger charge is -2.34. The molecule has 1 N–H and O–H groups in total. The first-order valence-corrected chi connectivity index (χ1v) is 18.0. The molecule has 1 fully saturated rings. The number of nitrogens with one attached hydrogen (secondary N) is 1. The van der Waals surface area contributed by atoms with Gasteiger partial charge >= 0.3 is 6.09 Å². The predicted molar refractivity (Wildman–Crippen MR) is 193 cm³/mol. The van der Waals surface area contributed by atoms with Crippen LogP contribution in [0, 0.1) is 0 Å². The van der Waals surface area contributed by atoms with E-state index in [1.807, 2.05) is 57.2 Å². The van der Waals surface area contributed by atoms with Gasteiger partial charge in [0.1, 0.15) is 11.8 Å². The van der Waals surface area contributed by atoms with Gasteiger partial charge in [-0.2, -0.15) is 0 Å². The summed E-state index contributed by atoms with van der Waals surface area (Å²) >= 11 is 0. The number of carbonyl (C=O) groups excluding carboxylic acids is 1. The third-order valence-electron chi connectivity index (χ3n) is 7.85. The van der Waals surface area contributed by atoms with Gasteiger partial charge in [0.15, 0.2) is 0 Å². The van der Waals surface area contributed by atoms with Crippen molar-refractivity contribution in [1.29, 1.82) is 0 Å². The molecule has 11 nitrogen and oxygen atoms in total. The molecule has 1 aliphatic heterocycles. The maximum Gasteiger partial charge on any atom is 0.407 e. The molecule has 0 bridgehead atoms. The summed E-state index contributed by atoms with van der Waals surface area (Å²) in [6, 6.07) is 20.5. The summed E-state index contributed by atoms with van der Waals surface area (Å²) in [5.74, 6) is 0. The molecule has 1 heterocycles. The third-order valence-corrected chi connectivity index (χ3v) is 7.85. The van der Waals surface area contributed by atoms with Crippen LogP contribution in [0.15, 0.2) is 60.7 Å². The second-order valence-corrected chi connectivity index (χ2v) is 13.4. The number of alkyl carbamates (subject to hydrolysis) is 1. The molecule has 1 atom stereocenters. The standard InChI is InChI=1S/C38H61FN4O7/c1-38(2,3)50-37(44)40-14-21-45-24-26-47-28-29-48-27-25-46-22-19-41-15-17-42(18-16-41)20-23-49-33-36(39)32-43(30-34-10-6-4-7-11-34)31-35-12-8-5-9-13-35/h4-13,36H,14-33H2,1-3H3,(H,40,44). The van der Waals surface area contributed by atoms with E-state index in [9.17, 15) is 4.79 Å². The van der Waals surface area contributed by atoms with Crippen molar-refractivity contribution in [3.05, 3.63) is 71.8 Å². The van der Waals surface area contributed by atoms with Gasteiger partial charge in [-0.1, -0.05) is 60.7 Å². The molecule has 0 radical (unpaired) electrons. The molecule has 1 unspecified atom stereocenters. The molecule has 0 spiro atoms. The van der Waals surface area contributed by atoms with Crippen molar-refractivity contribution in [2.75, 3.05) is 118 Å². The maximum atomic E-state index is 15.0. The fraction of sp³-hybridized carbons (Fsp3) is 0.658. The average molecular weight is 705 g/mol. The lowest BCUT2D eigenvalue weighted by atomic mass is 10.1. The highest BCUT2D eigenvalue weighted by molar-refractivity contribution is 5.67. The van der Waals surface area contributed by atoms with Gasteiger partial charge in [0, 0.05) is 65.4 Å². The van der Waals surface area contributed by atoms with Crippen LogP contribution in [-0.2, 0) is 41.5 Å². The Balaban J connectivity index is 1.10. The van der Waals surface area contributed by atoms with Crippen LogP contribution in [0.3, 0.4) is 0 Å². The number of carbonyl (C=O) groups is 1. The van der Waals surface area contributed by atoms with E-state index < -0.39 is 17.9 Å². The first-order valence-electron chi connectivity index (χ1n) is 18.0. The number of halogens is 1. The van der Waals surface area contributed by atoms with Gasteiger partial charge < -0.3 is 33.7 Å². The van der Waals surface area contributed by atoms with Crippen LogP contribution in [0.5, 0.6) is 0 Å². The zero-order chi connectivity index (χ0) is 35.7. The van der Waals surface area contributed by atoms with Crippen LogP contribution < -0.4 is 5.32 Å². The Kier molecular flexibility index (Phi) is 21.1. The van der Waals surface area contributed by atoms with Crippen molar-refractivity contribution < 1.29 is 37.6 Å². The molecule has 1 saturated heterocycles. The van der Waals surface area contributed by atoms with Gasteiger partial charge in [-0.05, 0) is 31.9 Å². The number of hydrogen-bond acceptors (Lipinski definition) is 10. The number of ether oxygens (including phenoxy) is 6. The van der Waals surface area contributed by atoms with Crippen LogP contribution in [0.4, 0.5) is 9.18 Å². The van der Waals surface area contributed by atoms with Crippen molar-refractivity contribution in [2.24, 2.45) is 0 Å². The molecular weight excluding hydrogens is 643 g/mol. The highest BCUT2D eigenvalue weighted by Crippen LogP contribution is 2.12. The molecule has 0 aromatic heterocycles. The molecule has 282 valence electrons. The van der Waals surface area contributed by atoms with Gasteiger partial charge in [0.05, 0.1) is 66.1 Å². The largest absolute Gasteiger partial charge is 0.444 e. The number of alkyl halides is 1. The van der Waals surface area contributed by atoms with E-state index in [4.69, 9.17) is 28.4 Å². The first kappa shape index (κ1) is 41.7. The Labute approximate surface area is 299 Å². The van der Waals surface area contributed by atoms with Crippen molar-refractivity contribution in [3.63, 3.8) is 0 Å². The smallest absolute Gasteiger partial charge is 0.407 e. The lowest BCUT2D eigenvalue weighted by Crippen LogP contribution is -2.48. The van der Waals surface area contributed by atoms with E-state index in [1.165, 1.54) is 11.1 Å². The fourth-order valence-corrected chi connectivity index (χ4v) is 5.34. The van der Waals surface area contributed by atoms with Crippen LogP contribution in [0.1, 0.15) is 31.9 Å². The second-order valence-electron chi connectivity index (χ2n) is 13.4. The Morgan fingerprint density at radius 2 is 1.14 bits per heavy atom. The summed E-state index contributed by atoms with van der Waals surface area (Å²) < 4.78 is 48.2. The van der Waals surface area contributed by atoms with E-state index in [-0.39, 0.29) is 6.61 Å². The maximum absolute atomic E-state index is 15.0. The second kappa shape index (κ2) is 25.3. The Hall–Kier alpha value is -2.68. The average Bonchev–Trinajstić information content (AvgIpc) is 3.09. The minimum Gasteiger partial charge on any atom is -0.444 e. The minimum atomic E-state index is -1.04. The number of benzene rings is 2.